The van der Waals surface area contributed by atoms with E-state index in [0.717, 1.165) is 26.2 Å². The van der Waals surface area contributed by atoms with Crippen LogP contribution in [0.1, 0.15) is 28.8 Å². The van der Waals surface area contributed by atoms with Crippen LogP contribution < -0.4 is 5.73 Å². The lowest BCUT2D eigenvalue weighted by Crippen LogP contribution is -2.35. The Morgan fingerprint density at radius 2 is 1.89 bits per heavy atom. The number of nitrogens with zero attached hydrogens (tertiary/aromatic N) is 1. The number of piperidine rings is 1. The first-order chi connectivity index (χ1) is 8.69. The summed E-state index contributed by atoms with van der Waals surface area (Å²) in [4.78, 5) is 13.2. The van der Waals surface area contributed by atoms with Crippen molar-refractivity contribution in [2.24, 2.45) is 11.7 Å². The minimum atomic E-state index is -0.870. The van der Waals surface area contributed by atoms with Gasteiger partial charge in [0.25, 0.3) is 0 Å². The molecular formula is C14H20N2O2. The average molecular weight is 248 g/mol. The van der Waals surface area contributed by atoms with Gasteiger partial charge in [-0.3, -0.25) is 4.90 Å². The summed E-state index contributed by atoms with van der Waals surface area (Å²) in [6, 6.07) is 7.14. The molecule has 0 aliphatic carbocycles. The predicted octanol–water partition coefficient (Wildman–Crippen LogP) is 1.56. The van der Waals surface area contributed by atoms with E-state index in [-0.39, 0.29) is 0 Å². The lowest BCUT2D eigenvalue weighted by atomic mass is 9.97. The summed E-state index contributed by atoms with van der Waals surface area (Å²) in [6.45, 7) is 3.86. The van der Waals surface area contributed by atoms with Crippen molar-refractivity contribution in [3.05, 3.63) is 35.4 Å². The van der Waals surface area contributed by atoms with Crippen LogP contribution in [-0.2, 0) is 6.54 Å². The fourth-order valence-electron chi connectivity index (χ4n) is 2.39. The van der Waals surface area contributed by atoms with Crippen molar-refractivity contribution in [2.45, 2.75) is 19.4 Å². The van der Waals surface area contributed by atoms with E-state index in [1.54, 1.807) is 12.1 Å². The summed E-state index contributed by atoms with van der Waals surface area (Å²) >= 11 is 0. The molecule has 1 aliphatic rings. The van der Waals surface area contributed by atoms with E-state index in [1.165, 1.54) is 18.4 Å². The molecular weight excluding hydrogens is 228 g/mol. The minimum absolute atomic E-state index is 0.348. The van der Waals surface area contributed by atoms with Gasteiger partial charge in [-0.15, -0.1) is 0 Å². The largest absolute Gasteiger partial charge is 0.478 e. The average Bonchev–Trinajstić information content (AvgIpc) is 2.40. The van der Waals surface area contributed by atoms with E-state index >= 15 is 0 Å². The number of hydrogen-bond acceptors (Lipinski definition) is 3. The van der Waals surface area contributed by atoms with Gasteiger partial charge < -0.3 is 10.8 Å². The summed E-state index contributed by atoms with van der Waals surface area (Å²) in [5, 5.41) is 8.83. The summed E-state index contributed by atoms with van der Waals surface area (Å²) < 4.78 is 0. The molecule has 0 bridgehead atoms. The Kier molecular flexibility index (Phi) is 4.33. The van der Waals surface area contributed by atoms with E-state index in [0.29, 0.717) is 11.5 Å². The van der Waals surface area contributed by atoms with Crippen molar-refractivity contribution in [3.63, 3.8) is 0 Å². The molecule has 0 unspecified atom stereocenters. The van der Waals surface area contributed by atoms with Crippen LogP contribution in [0.25, 0.3) is 0 Å². The lowest BCUT2D eigenvalue weighted by molar-refractivity contribution is 0.0697. The monoisotopic (exact) mass is 248 g/mol. The van der Waals surface area contributed by atoms with E-state index in [9.17, 15) is 4.79 Å². The maximum Gasteiger partial charge on any atom is 0.335 e. The second-order valence-electron chi connectivity index (χ2n) is 4.96. The molecule has 0 aromatic heterocycles. The summed E-state index contributed by atoms with van der Waals surface area (Å²) in [5.41, 5.74) is 7.19. The third-order valence-corrected chi connectivity index (χ3v) is 3.65. The minimum Gasteiger partial charge on any atom is -0.478 e. The first-order valence-corrected chi connectivity index (χ1v) is 6.43. The molecule has 4 nitrogen and oxygen atoms in total. The molecule has 1 fully saturated rings. The molecule has 98 valence electrons. The van der Waals surface area contributed by atoms with Gasteiger partial charge >= 0.3 is 5.97 Å². The van der Waals surface area contributed by atoms with Crippen molar-refractivity contribution in [2.75, 3.05) is 19.6 Å². The highest BCUT2D eigenvalue weighted by Crippen LogP contribution is 2.18. The standard InChI is InChI=1S/C14H20N2O2/c15-9-11-5-7-16(8-6-11)10-12-1-3-13(4-2-12)14(17)18/h1-4,11H,5-10,15H2,(H,17,18). The van der Waals surface area contributed by atoms with Gasteiger partial charge in [0.1, 0.15) is 0 Å². The van der Waals surface area contributed by atoms with Gasteiger partial charge in [0.05, 0.1) is 5.56 Å². The van der Waals surface area contributed by atoms with E-state index in [4.69, 9.17) is 10.8 Å². The number of nitrogens with two attached hydrogens (primary N) is 1. The van der Waals surface area contributed by atoms with Gasteiger partial charge in [-0.25, -0.2) is 4.79 Å². The number of hydrogen-bond donors (Lipinski definition) is 2. The number of carbonyl (C=O) groups is 1. The Bertz CT molecular complexity index is 395. The number of aromatic carboxylic acids is 1. The molecule has 0 atom stereocenters. The SMILES string of the molecule is NCC1CCN(Cc2ccc(C(=O)O)cc2)CC1. The van der Waals surface area contributed by atoms with Gasteiger partial charge in [0.2, 0.25) is 0 Å². The molecule has 2 rings (SSSR count). The summed E-state index contributed by atoms with van der Waals surface area (Å²) in [5.74, 6) is -0.194. The first-order valence-electron chi connectivity index (χ1n) is 6.43. The highest BCUT2D eigenvalue weighted by molar-refractivity contribution is 5.87. The summed E-state index contributed by atoms with van der Waals surface area (Å²) in [6.07, 6.45) is 2.34. The first kappa shape index (κ1) is 13.1. The molecule has 0 amide bonds. The molecule has 0 radical (unpaired) electrons. The number of carboxylic acid groups (broad SMARTS) is 1. The molecule has 1 heterocycles. The number of carboxylic acids is 1. The van der Waals surface area contributed by atoms with Crippen LogP contribution in [-0.4, -0.2) is 35.6 Å². The Morgan fingerprint density at radius 1 is 1.28 bits per heavy atom. The maximum absolute atomic E-state index is 10.7. The van der Waals surface area contributed by atoms with Crippen molar-refractivity contribution in [3.8, 4) is 0 Å². The zero-order valence-electron chi connectivity index (χ0n) is 10.5. The second kappa shape index (κ2) is 5.98. The van der Waals surface area contributed by atoms with Crippen LogP contribution in [0, 0.1) is 5.92 Å². The molecule has 1 aliphatic heterocycles. The molecule has 3 N–H and O–H groups in total. The van der Waals surface area contributed by atoms with Crippen LogP contribution in [0.3, 0.4) is 0 Å². The van der Waals surface area contributed by atoms with Gasteiger partial charge in [0, 0.05) is 6.54 Å². The quantitative estimate of drug-likeness (QED) is 0.848. The molecule has 1 aromatic rings. The fourth-order valence-corrected chi connectivity index (χ4v) is 2.39. The van der Waals surface area contributed by atoms with Crippen LogP contribution in [0.4, 0.5) is 0 Å². The van der Waals surface area contributed by atoms with Crippen LogP contribution in [0.2, 0.25) is 0 Å². The number of likely N-dealkylation sites (tertiary alicyclic amines) is 1. The third-order valence-electron chi connectivity index (χ3n) is 3.65. The normalized spacial score (nSPS) is 17.8. The predicted molar refractivity (Wildman–Crippen MR) is 70.5 cm³/mol. The van der Waals surface area contributed by atoms with Crippen LogP contribution >= 0.6 is 0 Å². The number of benzene rings is 1. The van der Waals surface area contributed by atoms with Gasteiger partial charge in [-0.2, -0.15) is 0 Å². The zero-order chi connectivity index (χ0) is 13.0. The molecule has 0 spiro atoms. The molecule has 1 aromatic carbocycles. The number of rotatable bonds is 4. The highest BCUT2D eigenvalue weighted by Gasteiger charge is 2.17. The molecule has 18 heavy (non-hydrogen) atoms. The van der Waals surface area contributed by atoms with Gasteiger partial charge in [-0.1, -0.05) is 12.1 Å². The lowest BCUT2D eigenvalue weighted by Gasteiger charge is -2.31. The Hall–Kier alpha value is -1.39. The highest BCUT2D eigenvalue weighted by atomic mass is 16.4. The Balaban J connectivity index is 1.88. The molecule has 1 saturated heterocycles. The van der Waals surface area contributed by atoms with Gasteiger partial charge in [-0.05, 0) is 56.1 Å². The third kappa shape index (κ3) is 3.31. The van der Waals surface area contributed by atoms with Crippen molar-refractivity contribution < 1.29 is 9.90 Å². The van der Waals surface area contributed by atoms with Crippen molar-refractivity contribution in [1.82, 2.24) is 4.90 Å². The maximum atomic E-state index is 10.7. The smallest absolute Gasteiger partial charge is 0.335 e. The zero-order valence-corrected chi connectivity index (χ0v) is 10.5. The van der Waals surface area contributed by atoms with E-state index < -0.39 is 5.97 Å². The Labute approximate surface area is 107 Å². The van der Waals surface area contributed by atoms with Crippen LogP contribution in [0.15, 0.2) is 24.3 Å². The molecule has 4 heteroatoms. The van der Waals surface area contributed by atoms with E-state index in [1.807, 2.05) is 12.1 Å². The second-order valence-corrected chi connectivity index (χ2v) is 4.96. The summed E-state index contributed by atoms with van der Waals surface area (Å²) in [7, 11) is 0. The van der Waals surface area contributed by atoms with Gasteiger partial charge in [0.15, 0.2) is 0 Å². The molecule has 0 saturated carbocycles. The van der Waals surface area contributed by atoms with Crippen molar-refractivity contribution in [1.29, 1.82) is 0 Å². The topological polar surface area (TPSA) is 66.6 Å². The van der Waals surface area contributed by atoms with E-state index in [2.05, 4.69) is 4.90 Å². The Morgan fingerprint density at radius 3 is 2.39 bits per heavy atom. The van der Waals surface area contributed by atoms with Crippen LogP contribution in [0.5, 0.6) is 0 Å². The van der Waals surface area contributed by atoms with Crippen molar-refractivity contribution >= 4 is 5.97 Å². The fraction of sp³-hybridized carbons (Fsp3) is 0.500.